The summed E-state index contributed by atoms with van der Waals surface area (Å²) in [5.74, 6) is 0.872. The van der Waals surface area contributed by atoms with Crippen LogP contribution < -0.4 is 10.6 Å². The lowest BCUT2D eigenvalue weighted by atomic mass is 10.2. The van der Waals surface area contributed by atoms with Gasteiger partial charge in [-0.3, -0.25) is 10.6 Å². The molecule has 1 aromatic carbocycles. The van der Waals surface area contributed by atoms with Crippen LogP contribution in [0.5, 0.6) is 0 Å². The van der Waals surface area contributed by atoms with Crippen molar-refractivity contribution in [2.75, 3.05) is 35.4 Å². The van der Waals surface area contributed by atoms with E-state index in [0.29, 0.717) is 22.9 Å². The Kier molecular flexibility index (Phi) is 7.09. The van der Waals surface area contributed by atoms with Gasteiger partial charge in [0.2, 0.25) is 0 Å². The number of thioether (sulfide) groups is 2. The molecule has 2 saturated heterocycles. The zero-order valence-electron chi connectivity index (χ0n) is 15.3. The van der Waals surface area contributed by atoms with Crippen LogP contribution in [0.25, 0.3) is 0 Å². The van der Waals surface area contributed by atoms with E-state index in [9.17, 15) is 19.2 Å². The molecule has 0 bridgehead atoms. The van der Waals surface area contributed by atoms with Gasteiger partial charge in [-0.05, 0) is 48.1 Å². The van der Waals surface area contributed by atoms with Gasteiger partial charge in [0.25, 0.3) is 0 Å². The molecule has 10 nitrogen and oxygen atoms in total. The first kappa shape index (κ1) is 21.1. The Labute approximate surface area is 174 Å². The number of amides is 2. The fourth-order valence-corrected chi connectivity index (χ4v) is 3.75. The van der Waals surface area contributed by atoms with Crippen LogP contribution in [0.4, 0.5) is 30.6 Å². The van der Waals surface area contributed by atoms with Gasteiger partial charge in [0.1, 0.15) is 25.4 Å². The molecule has 0 aliphatic carbocycles. The second-order valence-corrected chi connectivity index (χ2v) is 7.99. The predicted octanol–water partition coefficient (Wildman–Crippen LogP) is 3.60. The second-order valence-electron chi connectivity index (χ2n) is 6.08. The Morgan fingerprint density at radius 2 is 1.55 bits per heavy atom. The van der Waals surface area contributed by atoms with Crippen molar-refractivity contribution in [3.8, 4) is 0 Å². The van der Waals surface area contributed by atoms with Crippen molar-refractivity contribution in [3.63, 3.8) is 0 Å². The molecule has 156 valence electrons. The van der Waals surface area contributed by atoms with E-state index in [1.807, 2.05) is 0 Å². The van der Waals surface area contributed by atoms with Gasteiger partial charge in [0.05, 0.1) is 0 Å². The first-order valence-electron chi connectivity index (χ1n) is 8.54. The van der Waals surface area contributed by atoms with Gasteiger partial charge >= 0.3 is 22.8 Å². The van der Waals surface area contributed by atoms with E-state index in [0.717, 1.165) is 29.1 Å². The topological polar surface area (TPSA) is 129 Å². The lowest BCUT2D eigenvalue weighted by Gasteiger charge is -2.14. The molecule has 2 aliphatic rings. The number of rotatable bonds is 6. The van der Waals surface area contributed by atoms with Crippen molar-refractivity contribution in [1.29, 1.82) is 0 Å². The fraction of sp³-hybridized carbons (Fsp3) is 0.412. The third-order valence-corrected chi connectivity index (χ3v) is 5.56. The zero-order valence-corrected chi connectivity index (χ0v) is 16.9. The van der Waals surface area contributed by atoms with E-state index < -0.39 is 24.4 Å². The minimum Gasteiger partial charge on any atom is -0.450 e. The van der Waals surface area contributed by atoms with Crippen molar-refractivity contribution in [2.24, 2.45) is 0 Å². The quantitative estimate of drug-likeness (QED) is 0.498. The maximum Gasteiger partial charge on any atom is 0.411 e. The molecule has 0 spiro atoms. The monoisotopic (exact) mass is 442 g/mol. The van der Waals surface area contributed by atoms with Crippen LogP contribution in [0, 0.1) is 6.92 Å². The highest BCUT2D eigenvalue weighted by Crippen LogP contribution is 2.23. The van der Waals surface area contributed by atoms with Crippen LogP contribution in [0.15, 0.2) is 18.2 Å². The van der Waals surface area contributed by atoms with Crippen molar-refractivity contribution in [2.45, 2.75) is 19.1 Å². The second kappa shape index (κ2) is 9.74. The van der Waals surface area contributed by atoms with Gasteiger partial charge in [0.15, 0.2) is 0 Å². The Morgan fingerprint density at radius 3 is 2.07 bits per heavy atom. The lowest BCUT2D eigenvalue weighted by molar-refractivity contribution is 0.0799. The summed E-state index contributed by atoms with van der Waals surface area (Å²) in [5.41, 5.74) is 1.58. The average Bonchev–Trinajstić information content (AvgIpc) is 3.29. The molecule has 2 N–H and O–H groups in total. The number of benzene rings is 1. The van der Waals surface area contributed by atoms with E-state index in [-0.39, 0.29) is 23.8 Å². The number of hydrogen-bond acceptors (Lipinski definition) is 10. The number of carbonyl (C=O) groups excluding carboxylic acids is 4. The smallest absolute Gasteiger partial charge is 0.411 e. The summed E-state index contributed by atoms with van der Waals surface area (Å²) >= 11 is 2.06. The van der Waals surface area contributed by atoms with E-state index in [2.05, 4.69) is 10.6 Å². The van der Waals surface area contributed by atoms with Gasteiger partial charge in [-0.15, -0.1) is 0 Å². The van der Waals surface area contributed by atoms with Gasteiger partial charge < -0.3 is 18.9 Å². The van der Waals surface area contributed by atoms with E-state index >= 15 is 0 Å². The zero-order chi connectivity index (χ0) is 20.8. The number of ether oxygens (including phenoxy) is 4. The van der Waals surface area contributed by atoms with E-state index in [1.54, 1.807) is 25.1 Å². The molecule has 2 fully saturated rings. The van der Waals surface area contributed by atoms with Gasteiger partial charge in [-0.25, -0.2) is 19.2 Å². The van der Waals surface area contributed by atoms with Crippen LogP contribution in [0.1, 0.15) is 5.56 Å². The number of anilines is 2. The first-order valence-corrected chi connectivity index (χ1v) is 10.5. The summed E-state index contributed by atoms with van der Waals surface area (Å²) in [5, 5.41) is 4.35. The lowest BCUT2D eigenvalue weighted by Crippen LogP contribution is -2.24. The molecule has 1 aromatic rings. The first-order chi connectivity index (χ1) is 13.9. The van der Waals surface area contributed by atoms with E-state index in [1.165, 1.54) is 0 Å². The highest BCUT2D eigenvalue weighted by Gasteiger charge is 2.26. The molecule has 2 heterocycles. The predicted molar refractivity (Wildman–Crippen MR) is 107 cm³/mol. The summed E-state index contributed by atoms with van der Waals surface area (Å²) in [6, 6.07) is 4.90. The summed E-state index contributed by atoms with van der Waals surface area (Å²) in [6.07, 6.45) is -2.34. The van der Waals surface area contributed by atoms with Crippen LogP contribution >= 0.6 is 23.5 Å². The third-order valence-electron chi connectivity index (χ3n) is 3.82. The Morgan fingerprint density at radius 1 is 1.00 bits per heavy atom. The Balaban J connectivity index is 1.46. The summed E-state index contributed by atoms with van der Waals surface area (Å²) in [6.45, 7) is 1.69. The number of aryl methyl sites for hydroxylation is 1. The maximum absolute atomic E-state index is 12.0. The molecule has 2 aliphatic heterocycles. The molecular weight excluding hydrogens is 424 g/mol. The molecule has 0 radical (unpaired) electrons. The Bertz CT molecular complexity index is 819. The minimum absolute atomic E-state index is 0.0437. The summed E-state index contributed by atoms with van der Waals surface area (Å²) in [4.78, 5) is 45.9. The van der Waals surface area contributed by atoms with Crippen molar-refractivity contribution in [1.82, 2.24) is 0 Å². The fourth-order valence-electron chi connectivity index (χ4n) is 2.37. The van der Waals surface area contributed by atoms with Crippen LogP contribution in [0.2, 0.25) is 0 Å². The molecule has 0 aromatic heterocycles. The molecule has 2 amide bonds. The summed E-state index contributed by atoms with van der Waals surface area (Å²) in [7, 11) is 0. The third kappa shape index (κ3) is 6.46. The average molecular weight is 442 g/mol. The molecule has 0 saturated carbocycles. The van der Waals surface area contributed by atoms with E-state index in [4.69, 9.17) is 18.9 Å². The molecule has 2 unspecified atom stereocenters. The highest BCUT2D eigenvalue weighted by molar-refractivity contribution is 8.13. The number of hydrogen-bond donors (Lipinski definition) is 2. The molecular formula is C17H18N2O8S2. The SMILES string of the molecule is Cc1ccc(NC(=O)OCC2CSC(=O)O2)cc1NC(=O)OCC1CSC(=O)O1. The number of nitrogens with one attached hydrogen (secondary N) is 2. The van der Waals surface area contributed by atoms with Crippen LogP contribution in [-0.2, 0) is 18.9 Å². The van der Waals surface area contributed by atoms with Crippen molar-refractivity contribution in [3.05, 3.63) is 23.8 Å². The Hall–Kier alpha value is -2.60. The van der Waals surface area contributed by atoms with Gasteiger partial charge in [-0.1, -0.05) is 6.07 Å². The van der Waals surface area contributed by atoms with Crippen molar-refractivity contribution >= 4 is 57.7 Å². The molecule has 3 rings (SSSR count). The number of cyclic esters (lactones) is 2. The highest BCUT2D eigenvalue weighted by atomic mass is 32.2. The van der Waals surface area contributed by atoms with Crippen LogP contribution in [-0.4, -0.2) is 59.7 Å². The van der Waals surface area contributed by atoms with Crippen molar-refractivity contribution < 1.29 is 38.1 Å². The maximum atomic E-state index is 12.0. The number of carbonyl (C=O) groups is 4. The minimum atomic E-state index is -0.712. The molecule has 2 atom stereocenters. The summed E-state index contributed by atoms with van der Waals surface area (Å²) < 4.78 is 20.0. The van der Waals surface area contributed by atoms with Gasteiger partial charge in [-0.2, -0.15) is 0 Å². The normalized spacial score (nSPS) is 20.6. The molecule has 29 heavy (non-hydrogen) atoms. The van der Waals surface area contributed by atoms with Crippen LogP contribution in [0.3, 0.4) is 0 Å². The molecule has 12 heteroatoms. The largest absolute Gasteiger partial charge is 0.450 e. The van der Waals surface area contributed by atoms with Gasteiger partial charge in [0, 0.05) is 22.9 Å². The standard InChI is InChI=1S/C17H18N2O8S2/c1-9-2-3-10(18-14(20)24-5-11-7-28-16(22)26-11)4-13(9)19-15(21)25-6-12-8-29-17(23)27-12/h2-4,11-12H,5-8H2,1H3,(H,18,20)(H,19,21).